The lowest BCUT2D eigenvalue weighted by atomic mass is 9.94. The molecule has 0 unspecified atom stereocenters. The highest BCUT2D eigenvalue weighted by Crippen LogP contribution is 2.28. The normalized spacial score (nSPS) is 15.3. The van der Waals surface area contributed by atoms with Crippen molar-refractivity contribution >= 4 is 30.3 Å². The summed E-state index contributed by atoms with van der Waals surface area (Å²) in [4.78, 5) is 6.58. The molecule has 4 rings (SSSR count). The summed E-state index contributed by atoms with van der Waals surface area (Å²) in [6.45, 7) is 0.694. The monoisotopic (exact) mass is 345 g/mol. The Morgan fingerprint density at radius 3 is 2.85 bits per heavy atom. The van der Waals surface area contributed by atoms with Gasteiger partial charge in [0.05, 0.1) is 5.52 Å². The zero-order valence-corrected chi connectivity index (χ0v) is 15.2. The third kappa shape index (κ3) is 3.41. The summed E-state index contributed by atoms with van der Waals surface area (Å²) in [6.07, 6.45) is 11.9. The fraction of sp³-hybridized carbons (Fsp3) is 0.400. The van der Waals surface area contributed by atoms with Crippen molar-refractivity contribution in [1.82, 2.24) is 14.6 Å². The number of hydrogen-bond donors (Lipinski definition) is 1. The topological polar surface area (TPSA) is 45.5 Å². The molecule has 0 amide bonds. The minimum atomic E-state index is 0.599. The molecule has 0 aromatic carbocycles. The van der Waals surface area contributed by atoms with Gasteiger partial charge in [0.2, 0.25) is 0 Å². The quantitative estimate of drug-likeness (QED) is 0.723. The number of aromatic nitrogens is 3. The fourth-order valence-corrected chi connectivity index (χ4v) is 3.79. The van der Waals surface area contributed by atoms with Crippen LogP contribution in [0.2, 0.25) is 0 Å². The van der Waals surface area contributed by atoms with Gasteiger partial charge in [0.25, 0.3) is 0 Å². The van der Waals surface area contributed by atoms with E-state index in [-0.39, 0.29) is 0 Å². The van der Waals surface area contributed by atoms with Gasteiger partial charge in [0.1, 0.15) is 13.7 Å². The van der Waals surface area contributed by atoms with Gasteiger partial charge >= 0.3 is 0 Å². The van der Waals surface area contributed by atoms with Gasteiger partial charge in [-0.15, -0.1) is 0 Å². The van der Waals surface area contributed by atoms with E-state index in [0.717, 1.165) is 16.9 Å². The molecule has 1 fully saturated rings. The molecule has 0 atom stereocenters. The first-order valence-corrected chi connectivity index (χ1v) is 9.35. The molecule has 3 aromatic rings. The Bertz CT molecular complexity index is 871. The molecule has 2 radical (unpaired) electrons. The lowest BCUT2D eigenvalue weighted by molar-refractivity contribution is 0.427. The third-order valence-electron chi connectivity index (χ3n) is 5.36. The molecule has 0 bridgehead atoms. The average molecular weight is 345 g/mol. The highest BCUT2D eigenvalue weighted by atomic mass is 15.3. The number of pyridine rings is 2. The van der Waals surface area contributed by atoms with E-state index in [1.54, 1.807) is 12.4 Å². The van der Waals surface area contributed by atoms with E-state index >= 15 is 0 Å². The molecule has 3 heterocycles. The summed E-state index contributed by atoms with van der Waals surface area (Å²) in [5, 5.41) is 7.93. The van der Waals surface area contributed by atoms with Crippen LogP contribution in [0.1, 0.15) is 37.7 Å². The molecule has 1 aliphatic rings. The van der Waals surface area contributed by atoms with Crippen LogP contribution >= 0.6 is 0 Å². The SMILES string of the molecule is [B]c1cnn2c(NCc3cccnc3)cc(N(C)C3CCCCC3)cc12. The van der Waals surface area contributed by atoms with Crippen molar-refractivity contribution in [3.63, 3.8) is 0 Å². The highest BCUT2D eigenvalue weighted by Gasteiger charge is 2.20. The lowest BCUT2D eigenvalue weighted by Crippen LogP contribution is -2.33. The number of hydrogen-bond acceptors (Lipinski definition) is 4. The first-order valence-electron chi connectivity index (χ1n) is 9.35. The summed E-state index contributed by atoms with van der Waals surface area (Å²) in [5.41, 5.74) is 3.96. The van der Waals surface area contributed by atoms with Crippen molar-refractivity contribution in [1.29, 1.82) is 0 Å². The van der Waals surface area contributed by atoms with Gasteiger partial charge in [0, 0.05) is 50.0 Å². The maximum atomic E-state index is 6.16. The van der Waals surface area contributed by atoms with Crippen molar-refractivity contribution in [3.05, 3.63) is 48.4 Å². The summed E-state index contributed by atoms with van der Waals surface area (Å²) < 4.78 is 1.88. The molecular formula is C20H24BN5. The van der Waals surface area contributed by atoms with Gasteiger partial charge < -0.3 is 10.2 Å². The van der Waals surface area contributed by atoms with Crippen LogP contribution in [0.4, 0.5) is 11.5 Å². The first kappa shape index (κ1) is 16.9. The minimum Gasteiger partial charge on any atom is -0.371 e. The van der Waals surface area contributed by atoms with Crippen LogP contribution in [0.5, 0.6) is 0 Å². The first-order chi connectivity index (χ1) is 12.7. The Balaban J connectivity index is 1.64. The van der Waals surface area contributed by atoms with Gasteiger partial charge in [-0.1, -0.05) is 30.8 Å². The molecule has 5 nitrogen and oxygen atoms in total. The maximum Gasteiger partial charge on any atom is 0.130 e. The molecule has 1 aliphatic carbocycles. The Kier molecular flexibility index (Phi) is 4.82. The van der Waals surface area contributed by atoms with Crippen molar-refractivity contribution in [3.8, 4) is 0 Å². The van der Waals surface area contributed by atoms with Gasteiger partial charge in [-0.2, -0.15) is 5.10 Å². The Morgan fingerprint density at radius 2 is 2.08 bits per heavy atom. The van der Waals surface area contributed by atoms with Gasteiger partial charge in [-0.05, 0) is 30.5 Å². The Labute approximate surface area is 155 Å². The largest absolute Gasteiger partial charge is 0.371 e. The molecular weight excluding hydrogens is 321 g/mol. The number of nitrogens with one attached hydrogen (secondary N) is 1. The molecule has 1 N–H and O–H groups in total. The Morgan fingerprint density at radius 1 is 1.23 bits per heavy atom. The summed E-state index contributed by atoms with van der Waals surface area (Å²) in [6, 6.07) is 8.93. The number of nitrogens with zero attached hydrogens (tertiary/aromatic N) is 4. The zero-order chi connectivity index (χ0) is 17.9. The summed E-state index contributed by atoms with van der Waals surface area (Å²) in [5.74, 6) is 0.945. The average Bonchev–Trinajstić information content (AvgIpc) is 3.08. The predicted octanol–water partition coefficient (Wildman–Crippen LogP) is 2.90. The maximum absolute atomic E-state index is 6.16. The van der Waals surface area contributed by atoms with Crippen LogP contribution in [-0.2, 0) is 6.54 Å². The third-order valence-corrected chi connectivity index (χ3v) is 5.36. The molecule has 3 aromatic heterocycles. The molecule has 26 heavy (non-hydrogen) atoms. The molecule has 6 heteroatoms. The number of anilines is 2. The van der Waals surface area contributed by atoms with Crippen LogP contribution in [0, 0.1) is 0 Å². The van der Waals surface area contributed by atoms with E-state index in [1.165, 1.54) is 37.8 Å². The van der Waals surface area contributed by atoms with Gasteiger partial charge in [-0.3, -0.25) is 4.98 Å². The van der Waals surface area contributed by atoms with E-state index in [1.807, 2.05) is 16.8 Å². The lowest BCUT2D eigenvalue weighted by Gasteiger charge is -2.33. The van der Waals surface area contributed by atoms with Crippen LogP contribution in [0.15, 0.2) is 42.9 Å². The van der Waals surface area contributed by atoms with Crippen LogP contribution in [0.25, 0.3) is 5.52 Å². The molecule has 132 valence electrons. The molecule has 0 spiro atoms. The van der Waals surface area contributed by atoms with Crippen LogP contribution in [0.3, 0.4) is 0 Å². The minimum absolute atomic E-state index is 0.599. The number of fused-ring (bicyclic) bond motifs is 1. The molecule has 0 saturated heterocycles. The summed E-state index contributed by atoms with van der Waals surface area (Å²) >= 11 is 0. The van der Waals surface area contributed by atoms with Crippen molar-refractivity contribution < 1.29 is 0 Å². The second kappa shape index (κ2) is 7.40. The van der Waals surface area contributed by atoms with E-state index in [2.05, 4.69) is 45.5 Å². The van der Waals surface area contributed by atoms with Gasteiger partial charge in [-0.25, -0.2) is 4.52 Å². The Hall–Kier alpha value is -2.50. The zero-order valence-electron chi connectivity index (χ0n) is 15.2. The van der Waals surface area contributed by atoms with Crippen LogP contribution < -0.4 is 15.7 Å². The van der Waals surface area contributed by atoms with Crippen molar-refractivity contribution in [2.45, 2.75) is 44.7 Å². The second-order valence-corrected chi connectivity index (χ2v) is 7.11. The fourth-order valence-electron chi connectivity index (χ4n) is 3.79. The predicted molar refractivity (Wildman–Crippen MR) is 107 cm³/mol. The van der Waals surface area contributed by atoms with Crippen LogP contribution in [-0.4, -0.2) is 35.5 Å². The van der Waals surface area contributed by atoms with E-state index in [9.17, 15) is 0 Å². The standard InChI is InChI=1S/C20H24BN5/c1-25(16-7-3-2-4-8-16)17-10-19-18(21)14-24-26(19)20(11-17)23-13-15-6-5-9-22-12-15/h5-6,9-12,14,16,23H,2-4,7-8,13H2,1H3. The van der Waals surface area contributed by atoms with E-state index < -0.39 is 0 Å². The van der Waals surface area contributed by atoms with E-state index in [0.29, 0.717) is 18.0 Å². The molecule has 0 aliphatic heterocycles. The number of rotatable bonds is 5. The smallest absolute Gasteiger partial charge is 0.130 e. The van der Waals surface area contributed by atoms with Gasteiger partial charge in [0.15, 0.2) is 0 Å². The van der Waals surface area contributed by atoms with Crippen molar-refractivity contribution in [2.75, 3.05) is 17.3 Å². The second-order valence-electron chi connectivity index (χ2n) is 7.11. The van der Waals surface area contributed by atoms with E-state index in [4.69, 9.17) is 7.85 Å². The van der Waals surface area contributed by atoms with Crippen molar-refractivity contribution in [2.24, 2.45) is 0 Å². The highest BCUT2D eigenvalue weighted by molar-refractivity contribution is 6.36. The molecule has 1 saturated carbocycles. The summed E-state index contributed by atoms with van der Waals surface area (Å²) in [7, 11) is 8.35.